The maximum Gasteiger partial charge on any atom is 0.0156 e. The highest BCUT2D eigenvalue weighted by Gasteiger charge is 2.61. The van der Waals surface area contributed by atoms with Crippen molar-refractivity contribution in [2.24, 2.45) is 17.1 Å². The molecule has 1 heterocycles. The first-order chi connectivity index (χ1) is 3.75. The van der Waals surface area contributed by atoms with Crippen LogP contribution in [0.3, 0.4) is 0 Å². The molecule has 1 aliphatic heterocycles. The Labute approximate surface area is 49.4 Å². The lowest BCUT2D eigenvalue weighted by Crippen LogP contribution is -2.25. The summed E-state index contributed by atoms with van der Waals surface area (Å²) in [6.07, 6.45) is 0. The van der Waals surface area contributed by atoms with E-state index in [0.717, 1.165) is 19.0 Å². The Kier molecular flexibility index (Phi) is 0.649. The molecule has 2 rings (SSSR count). The molecule has 0 spiro atoms. The van der Waals surface area contributed by atoms with Crippen LogP contribution < -0.4 is 11.1 Å². The van der Waals surface area contributed by atoms with Gasteiger partial charge in [0.15, 0.2) is 0 Å². The third kappa shape index (κ3) is 0.327. The molecular formula is C6H12N2. The summed E-state index contributed by atoms with van der Waals surface area (Å²) in [5, 5.41) is 3.31. The lowest BCUT2D eigenvalue weighted by molar-refractivity contribution is 0.546. The van der Waals surface area contributed by atoms with Crippen molar-refractivity contribution >= 4 is 0 Å². The fourth-order valence-corrected chi connectivity index (χ4v) is 1.81. The van der Waals surface area contributed by atoms with E-state index in [-0.39, 0.29) is 0 Å². The molecule has 1 saturated carbocycles. The summed E-state index contributed by atoms with van der Waals surface area (Å²) in [7, 11) is 0. The molecular weight excluding hydrogens is 100 g/mol. The first-order valence-electron chi connectivity index (χ1n) is 3.21. The fraction of sp³-hybridized carbons (Fsp3) is 1.00. The average Bonchev–Trinajstić information content (AvgIpc) is 2.23. The Morgan fingerprint density at radius 3 is 2.75 bits per heavy atom. The molecule has 0 amide bonds. The largest absolute Gasteiger partial charge is 0.327 e. The van der Waals surface area contributed by atoms with Crippen LogP contribution in [0, 0.1) is 11.3 Å². The van der Waals surface area contributed by atoms with Gasteiger partial charge in [0.05, 0.1) is 0 Å². The lowest BCUT2D eigenvalue weighted by atomic mass is 10.1. The average molecular weight is 112 g/mol. The number of fused-ring (bicyclic) bond motifs is 1. The van der Waals surface area contributed by atoms with Gasteiger partial charge in [-0.1, -0.05) is 6.92 Å². The second-order valence-electron chi connectivity index (χ2n) is 3.27. The van der Waals surface area contributed by atoms with Gasteiger partial charge in [0.2, 0.25) is 0 Å². The van der Waals surface area contributed by atoms with Gasteiger partial charge in [-0.2, -0.15) is 0 Å². The highest BCUT2D eigenvalue weighted by Crippen LogP contribution is 2.52. The molecule has 2 aliphatic rings. The van der Waals surface area contributed by atoms with E-state index in [1.807, 2.05) is 0 Å². The normalized spacial score (nSPS) is 60.8. The van der Waals surface area contributed by atoms with Gasteiger partial charge in [-0.3, -0.25) is 0 Å². The van der Waals surface area contributed by atoms with Crippen molar-refractivity contribution in [2.45, 2.75) is 13.0 Å². The number of rotatable bonds is 0. The zero-order chi connectivity index (χ0) is 5.78. The molecule has 8 heavy (non-hydrogen) atoms. The van der Waals surface area contributed by atoms with E-state index in [1.54, 1.807) is 0 Å². The molecule has 46 valence electrons. The minimum atomic E-state index is 0.486. The van der Waals surface area contributed by atoms with Gasteiger partial charge in [0.25, 0.3) is 0 Å². The van der Waals surface area contributed by atoms with Crippen LogP contribution in [0.4, 0.5) is 0 Å². The monoisotopic (exact) mass is 112 g/mol. The van der Waals surface area contributed by atoms with Gasteiger partial charge in [0, 0.05) is 24.5 Å². The van der Waals surface area contributed by atoms with E-state index in [0.29, 0.717) is 11.5 Å². The van der Waals surface area contributed by atoms with Gasteiger partial charge in [-0.15, -0.1) is 0 Å². The highest BCUT2D eigenvalue weighted by atomic mass is 15.1. The number of hydrogen-bond acceptors (Lipinski definition) is 2. The molecule has 0 bridgehead atoms. The molecule has 3 N–H and O–H groups in total. The van der Waals surface area contributed by atoms with E-state index in [4.69, 9.17) is 5.73 Å². The van der Waals surface area contributed by atoms with Crippen molar-refractivity contribution < 1.29 is 0 Å². The summed E-state index contributed by atoms with van der Waals surface area (Å²) >= 11 is 0. The minimum absolute atomic E-state index is 0.486. The SMILES string of the molecule is C[C@]12CNCC1[C@@H]2N. The van der Waals surface area contributed by atoms with Gasteiger partial charge in [0.1, 0.15) is 0 Å². The number of nitrogens with two attached hydrogens (primary N) is 1. The van der Waals surface area contributed by atoms with E-state index in [2.05, 4.69) is 12.2 Å². The molecule has 0 aromatic rings. The topological polar surface area (TPSA) is 38.0 Å². The number of hydrogen-bond donors (Lipinski definition) is 2. The molecule has 3 atom stereocenters. The molecule has 2 fully saturated rings. The predicted molar refractivity (Wildman–Crippen MR) is 32.4 cm³/mol. The third-order valence-electron chi connectivity index (χ3n) is 2.80. The standard InChI is InChI=1S/C6H12N2/c1-6-3-8-2-4(6)5(6)7/h4-5,8H,2-3,7H2,1H3/t4?,5-,6-/m0/s1. The molecule has 1 saturated heterocycles. The van der Waals surface area contributed by atoms with Gasteiger partial charge in [-0.05, 0) is 5.92 Å². The van der Waals surface area contributed by atoms with Crippen molar-refractivity contribution in [1.29, 1.82) is 0 Å². The number of nitrogens with one attached hydrogen (secondary N) is 1. The zero-order valence-electron chi connectivity index (χ0n) is 5.15. The Morgan fingerprint density at radius 2 is 2.50 bits per heavy atom. The van der Waals surface area contributed by atoms with Crippen LogP contribution >= 0.6 is 0 Å². The first kappa shape index (κ1) is 4.77. The second kappa shape index (κ2) is 1.09. The highest BCUT2D eigenvalue weighted by molar-refractivity contribution is 5.17. The first-order valence-corrected chi connectivity index (χ1v) is 3.21. The van der Waals surface area contributed by atoms with Crippen LogP contribution in [0.2, 0.25) is 0 Å². The van der Waals surface area contributed by atoms with Crippen LogP contribution in [0.25, 0.3) is 0 Å². The van der Waals surface area contributed by atoms with Crippen molar-refractivity contribution in [3.63, 3.8) is 0 Å². The zero-order valence-corrected chi connectivity index (χ0v) is 5.15. The molecule has 0 radical (unpaired) electrons. The Morgan fingerprint density at radius 1 is 1.75 bits per heavy atom. The van der Waals surface area contributed by atoms with Crippen molar-refractivity contribution in [2.75, 3.05) is 13.1 Å². The minimum Gasteiger partial charge on any atom is -0.327 e. The Bertz CT molecular complexity index is 124. The number of piperidine rings is 1. The molecule has 2 nitrogen and oxygen atoms in total. The van der Waals surface area contributed by atoms with Crippen LogP contribution in [-0.4, -0.2) is 19.1 Å². The summed E-state index contributed by atoms with van der Waals surface area (Å²) in [4.78, 5) is 0. The van der Waals surface area contributed by atoms with E-state index >= 15 is 0 Å². The van der Waals surface area contributed by atoms with Gasteiger partial charge >= 0.3 is 0 Å². The molecule has 1 aliphatic carbocycles. The predicted octanol–water partition coefficient (Wildman–Crippen LogP) is -0.447. The van der Waals surface area contributed by atoms with Crippen LogP contribution in [0.1, 0.15) is 6.92 Å². The Hall–Kier alpha value is -0.0800. The van der Waals surface area contributed by atoms with Gasteiger partial charge in [-0.25, -0.2) is 0 Å². The molecule has 1 unspecified atom stereocenters. The van der Waals surface area contributed by atoms with Crippen LogP contribution in [0.15, 0.2) is 0 Å². The van der Waals surface area contributed by atoms with Crippen molar-refractivity contribution in [1.82, 2.24) is 5.32 Å². The molecule has 0 aromatic heterocycles. The summed E-state index contributed by atoms with van der Waals surface area (Å²) in [5.74, 6) is 0.794. The maximum atomic E-state index is 5.77. The van der Waals surface area contributed by atoms with Crippen LogP contribution in [0.5, 0.6) is 0 Å². The summed E-state index contributed by atoms with van der Waals surface area (Å²) in [5.41, 5.74) is 6.25. The molecule has 2 heteroatoms. The lowest BCUT2D eigenvalue weighted by Gasteiger charge is -2.02. The summed E-state index contributed by atoms with van der Waals surface area (Å²) < 4.78 is 0. The van der Waals surface area contributed by atoms with E-state index < -0.39 is 0 Å². The quantitative estimate of drug-likeness (QED) is 0.445. The van der Waals surface area contributed by atoms with E-state index in [1.165, 1.54) is 0 Å². The third-order valence-corrected chi connectivity index (χ3v) is 2.80. The summed E-state index contributed by atoms with van der Waals surface area (Å²) in [6, 6.07) is 0.503. The molecule has 0 aromatic carbocycles. The van der Waals surface area contributed by atoms with Gasteiger partial charge < -0.3 is 11.1 Å². The van der Waals surface area contributed by atoms with Crippen molar-refractivity contribution in [3.8, 4) is 0 Å². The smallest absolute Gasteiger partial charge is 0.0156 e. The second-order valence-corrected chi connectivity index (χ2v) is 3.27. The summed E-state index contributed by atoms with van der Waals surface area (Å²) in [6.45, 7) is 4.55. The van der Waals surface area contributed by atoms with Crippen LogP contribution in [-0.2, 0) is 0 Å². The maximum absolute atomic E-state index is 5.77. The van der Waals surface area contributed by atoms with E-state index in [9.17, 15) is 0 Å². The Balaban J connectivity index is 2.18. The van der Waals surface area contributed by atoms with Crippen molar-refractivity contribution in [3.05, 3.63) is 0 Å². The fourth-order valence-electron chi connectivity index (χ4n) is 1.81.